The van der Waals surface area contributed by atoms with Gasteiger partial charge in [0.1, 0.15) is 17.2 Å². The van der Waals surface area contributed by atoms with E-state index in [0.717, 1.165) is 62.4 Å². The van der Waals surface area contributed by atoms with Crippen LogP contribution in [0.15, 0.2) is 48.7 Å². The van der Waals surface area contributed by atoms with Crippen molar-refractivity contribution in [3.8, 4) is 0 Å². The average molecular weight is 622 g/mol. The summed E-state index contributed by atoms with van der Waals surface area (Å²) >= 11 is 0. The van der Waals surface area contributed by atoms with Crippen molar-refractivity contribution in [2.24, 2.45) is 5.41 Å². The molecule has 43 heavy (non-hydrogen) atoms. The Balaban J connectivity index is 1.35. The number of hydrogen-bond acceptors (Lipinski definition) is 8. The summed E-state index contributed by atoms with van der Waals surface area (Å²) in [5.74, 6) is -1.24. The third-order valence-electron chi connectivity index (χ3n) is 8.50. The summed E-state index contributed by atoms with van der Waals surface area (Å²) in [6.07, 6.45) is 1.15. The quantitative estimate of drug-likeness (QED) is 0.319. The van der Waals surface area contributed by atoms with Crippen LogP contribution in [0.3, 0.4) is 0 Å². The zero-order valence-electron chi connectivity index (χ0n) is 24.2. The molecule has 3 heterocycles. The molecule has 0 radical (unpaired) electrons. The van der Waals surface area contributed by atoms with E-state index in [-0.39, 0.29) is 23.0 Å². The number of piperidine rings is 2. The first kappa shape index (κ1) is 30.8. The Hall–Kier alpha value is -3.65. The average Bonchev–Trinajstić information content (AvgIpc) is 2.94. The number of nitrogens with one attached hydrogen (secondary N) is 2. The number of anilines is 6. The van der Waals surface area contributed by atoms with E-state index in [1.807, 2.05) is 4.90 Å². The summed E-state index contributed by atoms with van der Waals surface area (Å²) in [6, 6.07) is 10.6. The molecule has 0 unspecified atom stereocenters. The van der Waals surface area contributed by atoms with Crippen molar-refractivity contribution >= 4 is 44.5 Å². The van der Waals surface area contributed by atoms with Gasteiger partial charge >= 0.3 is 6.18 Å². The van der Waals surface area contributed by atoms with Crippen LogP contribution in [0, 0.1) is 11.2 Å². The van der Waals surface area contributed by atoms with E-state index in [2.05, 4.69) is 32.5 Å². The summed E-state index contributed by atoms with van der Waals surface area (Å²) < 4.78 is 82.0. The molecule has 0 saturated carbocycles. The van der Waals surface area contributed by atoms with Gasteiger partial charge in [-0.2, -0.15) is 18.2 Å². The van der Waals surface area contributed by atoms with Crippen LogP contribution in [0.4, 0.5) is 52.1 Å². The van der Waals surface area contributed by atoms with Crippen molar-refractivity contribution in [1.29, 1.82) is 0 Å². The fraction of sp³-hybridized carbons (Fsp3) is 0.448. The zero-order chi connectivity index (χ0) is 31.0. The third kappa shape index (κ3) is 6.96. The highest BCUT2D eigenvalue weighted by molar-refractivity contribution is 7.92. The molecule has 14 heteroatoms. The van der Waals surface area contributed by atoms with Crippen LogP contribution in [0.1, 0.15) is 31.2 Å². The predicted molar refractivity (Wildman–Crippen MR) is 160 cm³/mol. The molecule has 3 aromatic rings. The van der Waals surface area contributed by atoms with Crippen LogP contribution in [-0.2, 0) is 16.2 Å². The molecule has 2 N–H and O–H groups in total. The second kappa shape index (κ2) is 11.8. The van der Waals surface area contributed by atoms with Gasteiger partial charge < -0.3 is 20.4 Å². The Morgan fingerprint density at radius 2 is 1.63 bits per heavy atom. The van der Waals surface area contributed by atoms with E-state index in [1.165, 1.54) is 25.2 Å². The highest BCUT2D eigenvalue weighted by atomic mass is 32.2. The van der Waals surface area contributed by atoms with Gasteiger partial charge in [0, 0.05) is 32.0 Å². The third-order valence-corrected chi connectivity index (χ3v) is 9.70. The van der Waals surface area contributed by atoms with Gasteiger partial charge in [0.05, 0.1) is 23.3 Å². The molecule has 0 atom stereocenters. The lowest BCUT2D eigenvalue weighted by atomic mass is 9.71. The summed E-state index contributed by atoms with van der Waals surface area (Å²) in [5.41, 5.74) is 0.147. The Labute approximate surface area is 249 Å². The van der Waals surface area contributed by atoms with Gasteiger partial charge in [0.25, 0.3) is 0 Å². The number of benzene rings is 2. The Kier molecular flexibility index (Phi) is 8.45. The van der Waals surface area contributed by atoms with Crippen molar-refractivity contribution in [2.45, 2.75) is 31.9 Å². The van der Waals surface area contributed by atoms with Gasteiger partial charge in [-0.25, -0.2) is 17.8 Å². The highest BCUT2D eigenvalue weighted by Gasteiger charge is 2.38. The molecule has 2 aromatic carbocycles. The molecular formula is C29H35F4N7O2S. The van der Waals surface area contributed by atoms with E-state index in [9.17, 15) is 21.6 Å². The number of aromatic nitrogens is 2. The maximum Gasteiger partial charge on any atom is 0.421 e. The van der Waals surface area contributed by atoms with E-state index in [4.69, 9.17) is 0 Å². The van der Waals surface area contributed by atoms with Crippen LogP contribution < -0.4 is 19.8 Å². The van der Waals surface area contributed by atoms with Gasteiger partial charge in [0.2, 0.25) is 16.0 Å². The summed E-state index contributed by atoms with van der Waals surface area (Å²) in [7, 11) is -0.265. The molecule has 2 saturated heterocycles. The van der Waals surface area contributed by atoms with Crippen molar-refractivity contribution < 1.29 is 26.0 Å². The SMILES string of the molecule is CN1CCC2(CC1)CCN(c1ccc(Nc3ncc(C(F)(F)F)c(Nc4ccccc4N(C)S(C)(=O)=O)n3)cc1F)CC2. The van der Waals surface area contributed by atoms with E-state index in [0.29, 0.717) is 17.3 Å². The van der Waals surface area contributed by atoms with Gasteiger partial charge in [-0.15, -0.1) is 0 Å². The minimum atomic E-state index is -4.80. The summed E-state index contributed by atoms with van der Waals surface area (Å²) in [6.45, 7) is 3.70. The number of likely N-dealkylation sites (tertiary alicyclic amines) is 1. The van der Waals surface area contributed by atoms with Crippen molar-refractivity contribution in [1.82, 2.24) is 14.9 Å². The van der Waals surface area contributed by atoms with Crippen molar-refractivity contribution in [3.63, 3.8) is 0 Å². The molecule has 9 nitrogen and oxygen atoms in total. The highest BCUT2D eigenvalue weighted by Crippen LogP contribution is 2.42. The minimum Gasteiger partial charge on any atom is -0.369 e. The van der Waals surface area contributed by atoms with E-state index >= 15 is 4.39 Å². The number of alkyl halides is 3. The molecule has 0 aliphatic carbocycles. The lowest BCUT2D eigenvalue weighted by Gasteiger charge is -2.46. The normalized spacial score (nSPS) is 17.6. The molecule has 0 bridgehead atoms. The van der Waals surface area contributed by atoms with Gasteiger partial charge in [-0.05, 0) is 81.6 Å². The molecule has 2 aliphatic heterocycles. The lowest BCUT2D eigenvalue weighted by Crippen LogP contribution is -2.46. The number of halogens is 4. The van der Waals surface area contributed by atoms with Crippen LogP contribution in [0.2, 0.25) is 0 Å². The summed E-state index contributed by atoms with van der Waals surface area (Å²) in [5, 5.41) is 5.41. The molecule has 232 valence electrons. The monoisotopic (exact) mass is 621 g/mol. The second-order valence-electron chi connectivity index (χ2n) is 11.4. The first-order valence-corrected chi connectivity index (χ1v) is 15.8. The van der Waals surface area contributed by atoms with Crippen LogP contribution in [0.25, 0.3) is 0 Å². The smallest absolute Gasteiger partial charge is 0.369 e. The number of para-hydroxylation sites is 2. The maximum atomic E-state index is 15.3. The Bertz CT molecular complexity index is 1570. The fourth-order valence-electron chi connectivity index (χ4n) is 5.69. The lowest BCUT2D eigenvalue weighted by molar-refractivity contribution is -0.137. The maximum absolute atomic E-state index is 15.3. The predicted octanol–water partition coefficient (Wildman–Crippen LogP) is 5.83. The molecule has 1 spiro atoms. The number of nitrogens with zero attached hydrogens (tertiary/aromatic N) is 5. The standard InChI is InChI=1S/C29H35F4N7O2S/c1-38-14-10-28(11-15-38)12-16-40(17-13-28)24-9-8-20(18-22(24)30)35-27-34-19-21(29(31,32)33)26(37-27)36-23-6-4-5-7-25(23)39(2)43(3,41)42/h4-9,18-19H,10-17H2,1-3H3,(H2,34,35,36,37). The number of rotatable bonds is 7. The minimum absolute atomic E-state index is 0.0875. The van der Waals surface area contributed by atoms with Crippen molar-refractivity contribution in [2.75, 3.05) is 66.4 Å². The number of sulfonamides is 1. The van der Waals surface area contributed by atoms with Crippen LogP contribution in [0.5, 0.6) is 0 Å². The Morgan fingerprint density at radius 1 is 0.977 bits per heavy atom. The molecule has 5 rings (SSSR count). The van der Waals surface area contributed by atoms with Crippen LogP contribution >= 0.6 is 0 Å². The van der Waals surface area contributed by atoms with Crippen LogP contribution in [-0.4, -0.2) is 69.8 Å². The fourth-order valence-corrected chi connectivity index (χ4v) is 6.21. The van der Waals surface area contributed by atoms with E-state index < -0.39 is 33.4 Å². The topological polar surface area (TPSA) is 93.7 Å². The molecule has 0 amide bonds. The molecular weight excluding hydrogens is 586 g/mol. The van der Waals surface area contributed by atoms with E-state index in [1.54, 1.807) is 24.3 Å². The Morgan fingerprint density at radius 3 is 2.26 bits per heavy atom. The van der Waals surface area contributed by atoms with Gasteiger partial charge in [-0.3, -0.25) is 4.31 Å². The van der Waals surface area contributed by atoms with Gasteiger partial charge in [0.15, 0.2) is 0 Å². The molecule has 2 aliphatic rings. The zero-order valence-corrected chi connectivity index (χ0v) is 25.1. The second-order valence-corrected chi connectivity index (χ2v) is 13.4. The molecule has 1 aromatic heterocycles. The first-order valence-electron chi connectivity index (χ1n) is 14.0. The molecule has 2 fully saturated rings. The largest absolute Gasteiger partial charge is 0.421 e. The van der Waals surface area contributed by atoms with Crippen molar-refractivity contribution in [3.05, 3.63) is 60.0 Å². The summed E-state index contributed by atoms with van der Waals surface area (Å²) in [4.78, 5) is 12.2. The number of hydrogen-bond donors (Lipinski definition) is 2. The van der Waals surface area contributed by atoms with Gasteiger partial charge in [-0.1, -0.05) is 12.1 Å². The first-order chi connectivity index (χ1) is 20.2.